The molecule has 1 amide bonds. The second-order valence-corrected chi connectivity index (χ2v) is 3.31. The Bertz CT molecular complexity index is 484. The Labute approximate surface area is 97.2 Å². The number of carbonyl (C=O) groups is 2. The van der Waals surface area contributed by atoms with Gasteiger partial charge in [0.05, 0.1) is 11.4 Å². The highest BCUT2D eigenvalue weighted by Crippen LogP contribution is 2.18. The molecule has 0 aromatic carbocycles. The van der Waals surface area contributed by atoms with Crippen LogP contribution >= 0.6 is 0 Å². The number of hydrogen-bond donors (Lipinski definition) is 4. The Morgan fingerprint density at radius 1 is 1.59 bits per heavy atom. The van der Waals surface area contributed by atoms with E-state index in [1.165, 1.54) is 12.3 Å². The maximum absolute atomic E-state index is 10.9. The van der Waals surface area contributed by atoms with Crippen LogP contribution < -0.4 is 11.1 Å². The zero-order valence-corrected chi connectivity index (χ0v) is 9.15. The Kier molecular flexibility index (Phi) is 3.76. The molecule has 0 radical (unpaired) electrons. The largest absolute Gasteiger partial charge is 0.480 e. The summed E-state index contributed by atoms with van der Waals surface area (Å²) < 4.78 is 0. The molecule has 7 nitrogen and oxygen atoms in total. The Hall–Kier alpha value is -2.44. The van der Waals surface area contributed by atoms with Crippen LogP contribution in [0.2, 0.25) is 0 Å². The van der Waals surface area contributed by atoms with Crippen LogP contribution in [0.3, 0.4) is 0 Å². The third-order valence-corrected chi connectivity index (χ3v) is 2.07. The van der Waals surface area contributed by atoms with Crippen molar-refractivity contribution in [1.29, 1.82) is 5.41 Å². The molecule has 0 saturated heterocycles. The molecule has 17 heavy (non-hydrogen) atoms. The van der Waals surface area contributed by atoms with Gasteiger partial charge in [0.25, 0.3) is 5.91 Å². The van der Waals surface area contributed by atoms with Gasteiger partial charge in [-0.2, -0.15) is 0 Å². The summed E-state index contributed by atoms with van der Waals surface area (Å²) >= 11 is 0. The second kappa shape index (κ2) is 5.06. The number of anilines is 1. The SMILES string of the molecule is Cc1nccc(C(=N)C(N)=O)c1NCC(=O)O. The molecule has 5 N–H and O–H groups in total. The predicted molar refractivity (Wildman–Crippen MR) is 61.1 cm³/mol. The molecule has 0 aliphatic heterocycles. The summed E-state index contributed by atoms with van der Waals surface area (Å²) in [6.45, 7) is 1.31. The molecule has 1 aromatic heterocycles. The number of aromatic nitrogens is 1. The first-order valence-electron chi connectivity index (χ1n) is 4.73. The monoisotopic (exact) mass is 236 g/mol. The zero-order valence-electron chi connectivity index (χ0n) is 9.15. The molecule has 1 aromatic rings. The fourth-order valence-corrected chi connectivity index (χ4v) is 1.29. The minimum atomic E-state index is -1.05. The maximum atomic E-state index is 10.9. The summed E-state index contributed by atoms with van der Waals surface area (Å²) in [4.78, 5) is 25.4. The minimum absolute atomic E-state index is 0.242. The van der Waals surface area contributed by atoms with Gasteiger partial charge in [-0.05, 0) is 13.0 Å². The van der Waals surface area contributed by atoms with E-state index in [0.29, 0.717) is 11.4 Å². The Morgan fingerprint density at radius 3 is 2.76 bits per heavy atom. The number of pyridine rings is 1. The number of carboxylic acids is 1. The average molecular weight is 236 g/mol. The average Bonchev–Trinajstić information content (AvgIpc) is 2.25. The van der Waals surface area contributed by atoms with Gasteiger partial charge in [0.1, 0.15) is 12.3 Å². The van der Waals surface area contributed by atoms with Crippen LogP contribution in [0, 0.1) is 12.3 Å². The van der Waals surface area contributed by atoms with Crippen molar-refractivity contribution >= 4 is 23.3 Å². The fourth-order valence-electron chi connectivity index (χ4n) is 1.29. The third-order valence-electron chi connectivity index (χ3n) is 2.07. The molecule has 90 valence electrons. The molecule has 0 saturated carbocycles. The van der Waals surface area contributed by atoms with E-state index in [4.69, 9.17) is 16.2 Å². The van der Waals surface area contributed by atoms with Crippen molar-refractivity contribution in [3.8, 4) is 0 Å². The lowest BCUT2D eigenvalue weighted by Gasteiger charge is -2.12. The number of primary amides is 1. The highest BCUT2D eigenvalue weighted by molar-refractivity contribution is 6.44. The highest BCUT2D eigenvalue weighted by atomic mass is 16.4. The van der Waals surface area contributed by atoms with E-state index in [-0.39, 0.29) is 17.8 Å². The number of aliphatic carboxylic acids is 1. The first kappa shape index (κ1) is 12.6. The van der Waals surface area contributed by atoms with Gasteiger partial charge in [-0.1, -0.05) is 0 Å². The summed E-state index contributed by atoms with van der Waals surface area (Å²) in [6, 6.07) is 1.43. The first-order chi connectivity index (χ1) is 7.93. The van der Waals surface area contributed by atoms with Crippen LogP contribution in [0.25, 0.3) is 0 Å². The lowest BCUT2D eigenvalue weighted by Crippen LogP contribution is -2.25. The van der Waals surface area contributed by atoms with E-state index < -0.39 is 11.9 Å². The van der Waals surface area contributed by atoms with Crippen LogP contribution in [-0.2, 0) is 9.59 Å². The van der Waals surface area contributed by atoms with Gasteiger partial charge >= 0.3 is 5.97 Å². The van der Waals surface area contributed by atoms with Crippen molar-refractivity contribution in [3.63, 3.8) is 0 Å². The van der Waals surface area contributed by atoms with Crippen molar-refractivity contribution in [2.24, 2.45) is 5.73 Å². The molecule has 1 rings (SSSR count). The molecular formula is C10H12N4O3. The van der Waals surface area contributed by atoms with Gasteiger partial charge in [-0.3, -0.25) is 20.0 Å². The molecule has 0 bridgehead atoms. The standard InChI is InChI=1S/C10H12N4O3/c1-5-9(14-4-7(15)16)6(2-3-13-5)8(11)10(12)17/h2-3,11,14H,4H2,1H3,(H2,12,17)(H,15,16). The van der Waals surface area contributed by atoms with Crippen LogP contribution in [-0.4, -0.2) is 34.2 Å². The fraction of sp³-hybridized carbons (Fsp3) is 0.200. The number of aryl methyl sites for hydroxylation is 1. The maximum Gasteiger partial charge on any atom is 0.322 e. The summed E-state index contributed by atoms with van der Waals surface area (Å²) in [5.41, 5.74) is 5.70. The van der Waals surface area contributed by atoms with Gasteiger partial charge in [0.15, 0.2) is 0 Å². The molecule has 0 spiro atoms. The summed E-state index contributed by atoms with van der Waals surface area (Å²) in [5, 5.41) is 18.7. The van der Waals surface area contributed by atoms with E-state index >= 15 is 0 Å². The van der Waals surface area contributed by atoms with Crippen LogP contribution in [0.4, 0.5) is 5.69 Å². The minimum Gasteiger partial charge on any atom is -0.480 e. The van der Waals surface area contributed by atoms with Gasteiger partial charge in [-0.15, -0.1) is 0 Å². The predicted octanol–water partition coefficient (Wildman–Crippen LogP) is -0.260. The zero-order chi connectivity index (χ0) is 13.0. The van der Waals surface area contributed by atoms with E-state index in [0.717, 1.165) is 0 Å². The summed E-state index contributed by atoms with van der Waals surface area (Å²) in [6.07, 6.45) is 1.42. The topological polar surface area (TPSA) is 129 Å². The number of carboxylic acid groups (broad SMARTS) is 1. The van der Waals surface area contributed by atoms with Gasteiger partial charge in [0, 0.05) is 11.8 Å². The number of nitrogens with one attached hydrogen (secondary N) is 2. The number of carbonyl (C=O) groups excluding carboxylic acids is 1. The molecular weight excluding hydrogens is 224 g/mol. The number of nitrogens with zero attached hydrogens (tertiary/aromatic N) is 1. The van der Waals surface area contributed by atoms with E-state index in [1.807, 2.05) is 0 Å². The number of nitrogens with two attached hydrogens (primary N) is 1. The number of rotatable bonds is 5. The molecule has 0 aliphatic carbocycles. The highest BCUT2D eigenvalue weighted by Gasteiger charge is 2.15. The van der Waals surface area contributed by atoms with Crippen molar-refractivity contribution in [2.75, 3.05) is 11.9 Å². The van der Waals surface area contributed by atoms with Crippen molar-refractivity contribution < 1.29 is 14.7 Å². The molecule has 1 heterocycles. The molecule has 0 atom stereocenters. The molecule has 0 fully saturated rings. The van der Waals surface area contributed by atoms with Crippen molar-refractivity contribution in [1.82, 2.24) is 4.98 Å². The van der Waals surface area contributed by atoms with Crippen molar-refractivity contribution in [2.45, 2.75) is 6.92 Å². The summed E-state index contributed by atoms with van der Waals surface area (Å²) in [5.74, 6) is -1.93. The lowest BCUT2D eigenvalue weighted by atomic mass is 10.1. The third kappa shape index (κ3) is 3.00. The molecule has 0 unspecified atom stereocenters. The van der Waals surface area contributed by atoms with Crippen molar-refractivity contribution in [3.05, 3.63) is 23.5 Å². The lowest BCUT2D eigenvalue weighted by molar-refractivity contribution is -0.134. The Morgan fingerprint density at radius 2 is 2.24 bits per heavy atom. The van der Waals surface area contributed by atoms with E-state index in [1.54, 1.807) is 6.92 Å². The normalized spacial score (nSPS) is 9.71. The smallest absolute Gasteiger partial charge is 0.322 e. The summed E-state index contributed by atoms with van der Waals surface area (Å²) in [7, 11) is 0. The number of amides is 1. The second-order valence-electron chi connectivity index (χ2n) is 3.31. The van der Waals surface area contributed by atoms with Crippen LogP contribution in [0.15, 0.2) is 12.3 Å². The first-order valence-corrected chi connectivity index (χ1v) is 4.73. The quantitative estimate of drug-likeness (QED) is 0.523. The molecule has 0 aliphatic rings. The van der Waals surface area contributed by atoms with Gasteiger partial charge < -0.3 is 16.2 Å². The molecule has 7 heteroatoms. The van der Waals surface area contributed by atoms with Crippen LogP contribution in [0.1, 0.15) is 11.3 Å². The number of hydrogen-bond acceptors (Lipinski definition) is 5. The Balaban J connectivity index is 3.12. The van der Waals surface area contributed by atoms with Gasteiger partial charge in [0.2, 0.25) is 0 Å². The van der Waals surface area contributed by atoms with Crippen LogP contribution in [0.5, 0.6) is 0 Å². The van der Waals surface area contributed by atoms with Gasteiger partial charge in [-0.25, -0.2) is 0 Å². The van der Waals surface area contributed by atoms with E-state index in [9.17, 15) is 9.59 Å². The van der Waals surface area contributed by atoms with E-state index in [2.05, 4.69) is 10.3 Å².